The molecular formula is C31H33NO5. The zero-order valence-corrected chi connectivity index (χ0v) is 21.8. The molecule has 0 radical (unpaired) electrons. The standard InChI is InChI=1S/C31H33NO5/c1-5-7-8-21-11-15-23(16-12-21)32-28(22-13-9-20(6-2)10-14-22)27(30(34)31(32)35)29(33)25-18-17-24(36-3)19-26(25)37-4/h9-19,28,33H,5-8H2,1-4H3/b29-27-. The highest BCUT2D eigenvalue weighted by molar-refractivity contribution is 6.51. The van der Waals surface area contributed by atoms with E-state index in [0.29, 0.717) is 22.7 Å². The number of aryl methyl sites for hydroxylation is 2. The first-order valence-corrected chi connectivity index (χ1v) is 12.6. The van der Waals surface area contributed by atoms with Gasteiger partial charge in [0.15, 0.2) is 0 Å². The van der Waals surface area contributed by atoms with Crippen molar-refractivity contribution >= 4 is 23.1 Å². The van der Waals surface area contributed by atoms with Gasteiger partial charge in [0.05, 0.1) is 31.4 Å². The van der Waals surface area contributed by atoms with Gasteiger partial charge in [-0.05, 0) is 60.2 Å². The molecule has 4 rings (SSSR count). The molecule has 1 fully saturated rings. The van der Waals surface area contributed by atoms with Crippen LogP contribution in [0.3, 0.4) is 0 Å². The summed E-state index contributed by atoms with van der Waals surface area (Å²) in [4.78, 5) is 28.4. The van der Waals surface area contributed by atoms with Crippen molar-refractivity contribution < 1.29 is 24.2 Å². The van der Waals surface area contributed by atoms with Gasteiger partial charge in [0.2, 0.25) is 0 Å². The minimum atomic E-state index is -0.792. The predicted octanol–water partition coefficient (Wildman–Crippen LogP) is 6.24. The largest absolute Gasteiger partial charge is 0.507 e. The Morgan fingerprint density at radius 3 is 2.16 bits per heavy atom. The normalized spacial score (nSPS) is 16.8. The predicted molar refractivity (Wildman–Crippen MR) is 145 cm³/mol. The lowest BCUT2D eigenvalue weighted by molar-refractivity contribution is -0.132. The fraction of sp³-hybridized carbons (Fsp3) is 0.290. The van der Waals surface area contributed by atoms with E-state index in [0.717, 1.165) is 36.8 Å². The molecule has 192 valence electrons. The highest BCUT2D eigenvalue weighted by Gasteiger charge is 2.47. The van der Waals surface area contributed by atoms with E-state index in [2.05, 4.69) is 13.8 Å². The number of aliphatic hydroxyl groups excluding tert-OH is 1. The van der Waals surface area contributed by atoms with E-state index in [4.69, 9.17) is 9.47 Å². The van der Waals surface area contributed by atoms with Crippen LogP contribution in [0.5, 0.6) is 11.5 Å². The molecule has 1 atom stereocenters. The van der Waals surface area contributed by atoms with Crippen molar-refractivity contribution in [1.29, 1.82) is 0 Å². The first-order valence-electron chi connectivity index (χ1n) is 12.6. The summed E-state index contributed by atoms with van der Waals surface area (Å²) in [6.07, 6.45) is 3.99. The number of benzene rings is 3. The molecule has 0 aliphatic carbocycles. The van der Waals surface area contributed by atoms with Gasteiger partial charge in [-0.15, -0.1) is 0 Å². The van der Waals surface area contributed by atoms with Gasteiger partial charge in [-0.3, -0.25) is 14.5 Å². The molecule has 1 aliphatic rings. The van der Waals surface area contributed by atoms with Crippen LogP contribution in [0.1, 0.15) is 55.0 Å². The lowest BCUT2D eigenvalue weighted by Crippen LogP contribution is -2.29. The van der Waals surface area contributed by atoms with Crippen LogP contribution < -0.4 is 14.4 Å². The number of methoxy groups -OCH3 is 2. The molecule has 1 aliphatic heterocycles. The average Bonchev–Trinajstić information content (AvgIpc) is 3.21. The second-order valence-corrected chi connectivity index (χ2v) is 9.10. The Morgan fingerprint density at radius 2 is 1.57 bits per heavy atom. The Balaban J connectivity index is 1.88. The minimum absolute atomic E-state index is 0.0211. The third-order valence-corrected chi connectivity index (χ3v) is 6.85. The molecule has 1 saturated heterocycles. The SMILES string of the molecule is CCCCc1ccc(N2C(=O)C(=O)/C(=C(\O)c3ccc(OC)cc3OC)C2c2ccc(CC)cc2)cc1. The molecule has 0 bridgehead atoms. The summed E-state index contributed by atoms with van der Waals surface area (Å²) < 4.78 is 10.7. The van der Waals surface area contributed by atoms with Crippen LogP contribution >= 0.6 is 0 Å². The lowest BCUT2D eigenvalue weighted by Gasteiger charge is -2.26. The van der Waals surface area contributed by atoms with Crippen molar-refractivity contribution in [2.75, 3.05) is 19.1 Å². The number of Topliss-reactive ketones (excluding diaryl/α,β-unsaturated/α-hetero) is 1. The van der Waals surface area contributed by atoms with E-state index in [1.54, 1.807) is 18.2 Å². The van der Waals surface area contributed by atoms with Crippen LogP contribution in [0, 0.1) is 0 Å². The molecule has 6 nitrogen and oxygen atoms in total. The van der Waals surface area contributed by atoms with Crippen molar-refractivity contribution in [3.05, 3.63) is 94.6 Å². The summed E-state index contributed by atoms with van der Waals surface area (Å²) in [5.74, 6) is -0.827. The molecule has 6 heteroatoms. The van der Waals surface area contributed by atoms with Crippen LogP contribution in [0.2, 0.25) is 0 Å². The first kappa shape index (κ1) is 26.0. The quantitative estimate of drug-likeness (QED) is 0.214. The zero-order chi connectivity index (χ0) is 26.5. The van der Waals surface area contributed by atoms with Gasteiger partial charge in [0, 0.05) is 11.8 Å². The monoisotopic (exact) mass is 499 g/mol. The average molecular weight is 500 g/mol. The van der Waals surface area contributed by atoms with Crippen LogP contribution in [0.15, 0.2) is 72.3 Å². The number of aliphatic hydroxyl groups is 1. The number of anilines is 1. The summed E-state index contributed by atoms with van der Waals surface area (Å²) in [5.41, 5.74) is 3.99. The number of carbonyl (C=O) groups excluding carboxylic acids is 2. The number of amides is 1. The number of ether oxygens (including phenoxy) is 2. The molecule has 0 aromatic heterocycles. The van der Waals surface area contributed by atoms with Crippen molar-refractivity contribution in [2.24, 2.45) is 0 Å². The van der Waals surface area contributed by atoms with Crippen molar-refractivity contribution in [3.8, 4) is 11.5 Å². The van der Waals surface area contributed by atoms with Gasteiger partial charge >= 0.3 is 0 Å². The smallest absolute Gasteiger partial charge is 0.300 e. The van der Waals surface area contributed by atoms with Crippen LogP contribution in [-0.2, 0) is 22.4 Å². The Labute approximate surface area is 218 Å². The Bertz CT molecular complexity index is 1310. The third-order valence-electron chi connectivity index (χ3n) is 6.85. The molecule has 1 N–H and O–H groups in total. The minimum Gasteiger partial charge on any atom is -0.507 e. The third kappa shape index (κ3) is 5.10. The van der Waals surface area contributed by atoms with Crippen LogP contribution in [-0.4, -0.2) is 31.0 Å². The maximum absolute atomic E-state index is 13.5. The van der Waals surface area contributed by atoms with Crippen LogP contribution in [0.4, 0.5) is 5.69 Å². The molecule has 1 heterocycles. The van der Waals surface area contributed by atoms with E-state index in [1.807, 2.05) is 48.5 Å². The highest BCUT2D eigenvalue weighted by Crippen LogP contribution is 2.43. The fourth-order valence-electron chi connectivity index (χ4n) is 4.69. The first-order chi connectivity index (χ1) is 17.9. The van der Waals surface area contributed by atoms with Gasteiger partial charge < -0.3 is 14.6 Å². The molecule has 0 saturated carbocycles. The number of carbonyl (C=O) groups is 2. The molecule has 3 aromatic rings. The van der Waals surface area contributed by atoms with Crippen molar-refractivity contribution in [3.63, 3.8) is 0 Å². The number of rotatable bonds is 9. The van der Waals surface area contributed by atoms with Gasteiger partial charge in [0.1, 0.15) is 17.3 Å². The fourth-order valence-corrected chi connectivity index (χ4v) is 4.69. The second-order valence-electron chi connectivity index (χ2n) is 9.10. The number of nitrogens with zero attached hydrogens (tertiary/aromatic N) is 1. The molecular weight excluding hydrogens is 466 g/mol. The van der Waals surface area contributed by atoms with E-state index < -0.39 is 17.7 Å². The Morgan fingerprint density at radius 1 is 0.892 bits per heavy atom. The molecule has 3 aromatic carbocycles. The van der Waals surface area contributed by atoms with Crippen molar-refractivity contribution in [2.45, 2.75) is 45.6 Å². The van der Waals surface area contributed by atoms with Gasteiger partial charge in [0.25, 0.3) is 11.7 Å². The summed E-state index contributed by atoms with van der Waals surface area (Å²) in [6.45, 7) is 4.21. The van der Waals surface area contributed by atoms with Crippen LogP contribution in [0.25, 0.3) is 5.76 Å². The maximum atomic E-state index is 13.5. The molecule has 1 amide bonds. The van der Waals surface area contributed by atoms with E-state index in [9.17, 15) is 14.7 Å². The van der Waals surface area contributed by atoms with Crippen molar-refractivity contribution in [1.82, 2.24) is 0 Å². The van der Waals surface area contributed by atoms with E-state index in [1.165, 1.54) is 24.7 Å². The summed E-state index contributed by atoms with van der Waals surface area (Å²) in [7, 11) is 3.01. The Kier molecular flexibility index (Phi) is 7.97. The summed E-state index contributed by atoms with van der Waals surface area (Å²) in [5, 5.41) is 11.5. The number of unbranched alkanes of at least 4 members (excludes halogenated alkanes) is 1. The Hall–Kier alpha value is -4.06. The zero-order valence-electron chi connectivity index (χ0n) is 21.8. The lowest BCUT2D eigenvalue weighted by atomic mass is 9.94. The highest BCUT2D eigenvalue weighted by atomic mass is 16.5. The number of ketones is 1. The topological polar surface area (TPSA) is 76.1 Å². The number of hydrogen-bond acceptors (Lipinski definition) is 5. The maximum Gasteiger partial charge on any atom is 0.300 e. The summed E-state index contributed by atoms with van der Waals surface area (Å²) in [6, 6.07) is 19.7. The van der Waals surface area contributed by atoms with Gasteiger partial charge in [-0.2, -0.15) is 0 Å². The molecule has 37 heavy (non-hydrogen) atoms. The van der Waals surface area contributed by atoms with E-state index >= 15 is 0 Å². The number of hydrogen-bond donors (Lipinski definition) is 1. The summed E-state index contributed by atoms with van der Waals surface area (Å²) >= 11 is 0. The van der Waals surface area contributed by atoms with E-state index in [-0.39, 0.29) is 11.3 Å². The molecule has 0 spiro atoms. The second kappa shape index (κ2) is 11.3. The molecule has 1 unspecified atom stereocenters. The van der Waals surface area contributed by atoms with Gasteiger partial charge in [-0.1, -0.05) is 56.7 Å². The van der Waals surface area contributed by atoms with Gasteiger partial charge in [-0.25, -0.2) is 0 Å².